The van der Waals surface area contributed by atoms with Crippen LogP contribution in [-0.4, -0.2) is 86.5 Å². The Balaban J connectivity index is 1.93. The van der Waals surface area contributed by atoms with Crippen LogP contribution in [0.5, 0.6) is 5.75 Å². The Labute approximate surface area is 238 Å². The summed E-state index contributed by atoms with van der Waals surface area (Å²) >= 11 is 0. The summed E-state index contributed by atoms with van der Waals surface area (Å²) in [6.07, 6.45) is -0.206. The summed E-state index contributed by atoms with van der Waals surface area (Å²) < 4.78 is 16.4. The van der Waals surface area contributed by atoms with Gasteiger partial charge >= 0.3 is 0 Å². The summed E-state index contributed by atoms with van der Waals surface area (Å²) in [4.78, 5) is 42.8. The number of phenols is 1. The number of rotatable bonds is 7. The Morgan fingerprint density at radius 1 is 1.22 bits per heavy atom. The second-order valence-corrected chi connectivity index (χ2v) is 12.6. The molecule has 3 aliphatic rings. The number of amides is 1. The first-order chi connectivity index (χ1) is 18.9. The van der Waals surface area contributed by atoms with Crippen LogP contribution in [0.15, 0.2) is 23.0 Å². The standard InChI is InChI=1S/C30H40FN3O7/c1-8-34(12-13(2)3)29(4,5)16-11-18(35)20-15(22(16)31)9-14-10-17-23(33(6)7)25(37)21(28(32)40)27(39)30(17,41)26(38)19(14)24(20)36/h11,13-14,17,23,35-36,39,41H,8-10,12H2,1-7H3,(H2,32,40)/t14-,17-,23-,30-/m0/s1. The highest BCUT2D eigenvalue weighted by atomic mass is 19.1. The first-order valence-electron chi connectivity index (χ1n) is 13.9. The van der Waals surface area contributed by atoms with Gasteiger partial charge in [-0.1, -0.05) is 20.8 Å². The lowest BCUT2D eigenvalue weighted by Crippen LogP contribution is -2.65. The lowest BCUT2D eigenvalue weighted by molar-refractivity contribution is -0.153. The van der Waals surface area contributed by atoms with E-state index in [4.69, 9.17) is 5.73 Å². The van der Waals surface area contributed by atoms with E-state index in [1.807, 2.05) is 20.8 Å². The largest absolute Gasteiger partial charge is 0.508 e. The van der Waals surface area contributed by atoms with Crippen LogP contribution in [0.2, 0.25) is 0 Å². The van der Waals surface area contributed by atoms with Crippen molar-refractivity contribution >= 4 is 23.2 Å². The molecule has 1 saturated carbocycles. The summed E-state index contributed by atoms with van der Waals surface area (Å²) in [5.74, 6) is -7.96. The molecule has 1 fully saturated rings. The molecule has 11 heteroatoms. The summed E-state index contributed by atoms with van der Waals surface area (Å²) in [6.45, 7) is 11.1. The van der Waals surface area contributed by atoms with E-state index in [1.165, 1.54) is 25.1 Å². The van der Waals surface area contributed by atoms with Gasteiger partial charge in [-0.05, 0) is 65.2 Å². The van der Waals surface area contributed by atoms with Crippen LogP contribution in [0.3, 0.4) is 0 Å². The van der Waals surface area contributed by atoms with Gasteiger partial charge in [-0.15, -0.1) is 0 Å². The maximum absolute atomic E-state index is 16.4. The second kappa shape index (κ2) is 10.2. The Kier molecular flexibility index (Phi) is 7.64. The Bertz CT molecular complexity index is 1400. The lowest BCUT2D eigenvalue weighted by Gasteiger charge is -2.50. The maximum Gasteiger partial charge on any atom is 0.255 e. The number of nitrogens with zero attached hydrogens (tertiary/aromatic N) is 2. The molecule has 1 amide bonds. The quantitative estimate of drug-likeness (QED) is 0.308. The molecule has 0 heterocycles. The molecule has 6 N–H and O–H groups in total. The van der Waals surface area contributed by atoms with Crippen LogP contribution < -0.4 is 5.73 Å². The summed E-state index contributed by atoms with van der Waals surface area (Å²) in [6, 6.07) is 0.0494. The van der Waals surface area contributed by atoms with Crippen LogP contribution in [0.4, 0.5) is 4.39 Å². The van der Waals surface area contributed by atoms with Gasteiger partial charge in [-0.3, -0.25) is 24.2 Å². The number of fused-ring (bicyclic) bond motifs is 3. The minimum atomic E-state index is -2.74. The van der Waals surface area contributed by atoms with Gasteiger partial charge in [0.1, 0.15) is 28.7 Å². The highest BCUT2D eigenvalue weighted by Crippen LogP contribution is 2.53. The molecule has 224 valence electrons. The Hall–Kier alpha value is -3.28. The monoisotopic (exact) mass is 573 g/mol. The third-order valence-corrected chi connectivity index (χ3v) is 9.07. The number of ketones is 2. The zero-order valence-corrected chi connectivity index (χ0v) is 24.6. The second-order valence-electron chi connectivity index (χ2n) is 12.6. The average Bonchev–Trinajstić information content (AvgIpc) is 2.85. The average molecular weight is 574 g/mol. The van der Waals surface area contributed by atoms with Gasteiger partial charge < -0.3 is 26.2 Å². The lowest BCUT2D eigenvalue weighted by atomic mass is 9.57. The number of carbonyl (C=O) groups excluding carboxylic acids is 3. The normalized spacial score (nSPS) is 26.6. The number of phenolic OH excluding ortho intramolecular Hbond substituents is 1. The molecular formula is C30H40FN3O7. The van der Waals surface area contributed by atoms with Crippen LogP contribution in [-0.2, 0) is 26.3 Å². The topological polar surface area (TPSA) is 165 Å². The third-order valence-electron chi connectivity index (χ3n) is 9.07. The van der Waals surface area contributed by atoms with Crippen molar-refractivity contribution in [3.63, 3.8) is 0 Å². The molecule has 4 rings (SSSR count). The van der Waals surface area contributed by atoms with Crippen LogP contribution in [0, 0.1) is 23.6 Å². The fourth-order valence-electron chi connectivity index (χ4n) is 7.10. The first-order valence-corrected chi connectivity index (χ1v) is 13.9. The smallest absolute Gasteiger partial charge is 0.255 e. The van der Waals surface area contributed by atoms with Crippen LogP contribution in [0.1, 0.15) is 57.7 Å². The number of carbonyl (C=O) groups is 3. The molecule has 0 unspecified atom stereocenters. The number of hydrogen-bond acceptors (Lipinski definition) is 9. The maximum atomic E-state index is 16.4. The predicted molar refractivity (Wildman–Crippen MR) is 149 cm³/mol. The minimum Gasteiger partial charge on any atom is -0.508 e. The highest BCUT2D eigenvalue weighted by Gasteiger charge is 2.64. The van der Waals surface area contributed by atoms with E-state index in [9.17, 15) is 34.8 Å². The van der Waals surface area contributed by atoms with Crippen molar-refractivity contribution in [2.45, 2.75) is 64.6 Å². The number of halogens is 1. The zero-order chi connectivity index (χ0) is 30.9. The molecule has 4 atom stereocenters. The number of aliphatic hydroxyl groups excluding tert-OH is 2. The van der Waals surface area contributed by atoms with Crippen molar-refractivity contribution < 1.29 is 39.2 Å². The van der Waals surface area contributed by atoms with E-state index >= 15 is 4.39 Å². The van der Waals surface area contributed by atoms with Crippen molar-refractivity contribution in [2.24, 2.45) is 23.5 Å². The number of benzene rings is 1. The fraction of sp³-hybridized carbons (Fsp3) is 0.567. The van der Waals surface area contributed by atoms with E-state index in [0.29, 0.717) is 19.0 Å². The van der Waals surface area contributed by atoms with E-state index < -0.39 is 75.1 Å². The number of nitrogens with two attached hydrogens (primary N) is 1. The van der Waals surface area contributed by atoms with Gasteiger partial charge in [0.15, 0.2) is 11.4 Å². The van der Waals surface area contributed by atoms with Crippen molar-refractivity contribution in [3.05, 3.63) is 45.5 Å². The van der Waals surface area contributed by atoms with Crippen molar-refractivity contribution in [3.8, 4) is 5.75 Å². The number of aliphatic hydroxyl groups is 3. The molecule has 0 saturated heterocycles. The molecule has 0 aliphatic heterocycles. The molecule has 3 aliphatic carbocycles. The third kappa shape index (κ3) is 4.36. The predicted octanol–water partition coefficient (Wildman–Crippen LogP) is 2.32. The molecule has 0 bridgehead atoms. The van der Waals surface area contributed by atoms with Crippen LogP contribution in [0.25, 0.3) is 5.76 Å². The minimum absolute atomic E-state index is 0.0271. The Morgan fingerprint density at radius 2 is 1.83 bits per heavy atom. The zero-order valence-electron chi connectivity index (χ0n) is 24.6. The van der Waals surface area contributed by atoms with E-state index in [-0.39, 0.29) is 35.1 Å². The van der Waals surface area contributed by atoms with E-state index in [2.05, 4.69) is 18.7 Å². The molecule has 10 nitrogen and oxygen atoms in total. The fourth-order valence-corrected chi connectivity index (χ4v) is 7.10. The first kappa shape index (κ1) is 30.7. The van der Waals surface area contributed by atoms with E-state index in [0.717, 1.165) is 0 Å². The van der Waals surface area contributed by atoms with Gasteiger partial charge in [0.05, 0.1) is 11.6 Å². The van der Waals surface area contributed by atoms with Crippen molar-refractivity contribution in [1.82, 2.24) is 9.80 Å². The highest BCUT2D eigenvalue weighted by molar-refractivity contribution is 6.24. The van der Waals surface area contributed by atoms with Crippen LogP contribution >= 0.6 is 0 Å². The molecule has 0 aromatic heterocycles. The molecule has 0 spiro atoms. The van der Waals surface area contributed by atoms with Gasteiger partial charge in [0.25, 0.3) is 5.91 Å². The van der Waals surface area contributed by atoms with Gasteiger partial charge in [0.2, 0.25) is 5.78 Å². The van der Waals surface area contributed by atoms with E-state index in [1.54, 1.807) is 0 Å². The van der Waals surface area contributed by atoms with Crippen molar-refractivity contribution in [1.29, 1.82) is 0 Å². The van der Waals surface area contributed by atoms with Gasteiger partial charge in [-0.2, -0.15) is 0 Å². The number of likely N-dealkylation sites (N-methyl/N-ethyl adjacent to an activating group) is 1. The molecule has 1 aromatic rings. The summed E-state index contributed by atoms with van der Waals surface area (Å²) in [5, 5.41) is 45.0. The van der Waals surface area contributed by atoms with Crippen molar-refractivity contribution in [2.75, 3.05) is 27.2 Å². The number of hydrogen-bond donors (Lipinski definition) is 5. The SMILES string of the molecule is CCN(CC(C)C)C(C)(C)c1cc(O)c2c(c1F)C[C@H]1C[C@H]3[C@H](N(C)C)C(=O)C(C(N)=O)=C(O)[C@@]3(O)C(=O)C1=C2O. The number of aromatic hydroxyl groups is 1. The van der Waals surface area contributed by atoms with Gasteiger partial charge in [-0.25, -0.2) is 4.39 Å². The molecular weight excluding hydrogens is 533 g/mol. The molecule has 41 heavy (non-hydrogen) atoms. The summed E-state index contributed by atoms with van der Waals surface area (Å²) in [7, 11) is 3.05. The van der Waals surface area contributed by atoms with Gasteiger partial charge in [0, 0.05) is 34.7 Å². The molecule has 1 aromatic carbocycles. The molecule has 0 radical (unpaired) electrons. The Morgan fingerprint density at radius 3 is 2.34 bits per heavy atom. The summed E-state index contributed by atoms with van der Waals surface area (Å²) in [5.41, 5.74) is 0.589. The number of Topliss-reactive ketones (excluding diaryl/α,β-unsaturated/α-hetero) is 2. The number of primary amides is 1.